The van der Waals surface area contributed by atoms with E-state index in [-0.39, 0.29) is 23.2 Å². The third kappa shape index (κ3) is 4.81. The summed E-state index contributed by atoms with van der Waals surface area (Å²) in [7, 11) is 0. The SMILES string of the molecule is Cc1ccc(NC(=O)c2cccc(NC3=C(Cl)C(=O)N(Cc4ccccc4)C3=O)c2)cc1C. The Morgan fingerprint density at radius 1 is 0.848 bits per heavy atom. The molecule has 33 heavy (non-hydrogen) atoms. The predicted octanol–water partition coefficient (Wildman–Crippen LogP) is 4.99. The molecule has 0 atom stereocenters. The standard InChI is InChI=1S/C26H22ClN3O3/c1-16-11-12-21(13-17(16)2)29-24(31)19-9-6-10-20(14-19)28-23-22(27)25(32)30(26(23)33)15-18-7-4-3-5-8-18/h3-14,28H,15H2,1-2H3,(H,29,31). The molecule has 2 N–H and O–H groups in total. The highest BCUT2D eigenvalue weighted by Crippen LogP contribution is 2.27. The Balaban J connectivity index is 1.49. The number of nitrogens with one attached hydrogen (secondary N) is 2. The molecule has 0 aliphatic carbocycles. The maximum absolute atomic E-state index is 12.9. The topological polar surface area (TPSA) is 78.5 Å². The van der Waals surface area contributed by atoms with Crippen LogP contribution in [0.5, 0.6) is 0 Å². The summed E-state index contributed by atoms with van der Waals surface area (Å²) >= 11 is 6.20. The van der Waals surface area contributed by atoms with E-state index in [2.05, 4.69) is 10.6 Å². The van der Waals surface area contributed by atoms with Gasteiger partial charge in [-0.05, 0) is 60.9 Å². The van der Waals surface area contributed by atoms with Gasteiger partial charge in [0.25, 0.3) is 17.7 Å². The molecule has 0 spiro atoms. The lowest BCUT2D eigenvalue weighted by Gasteiger charge is -2.15. The van der Waals surface area contributed by atoms with Gasteiger partial charge >= 0.3 is 0 Å². The van der Waals surface area contributed by atoms with Crippen molar-refractivity contribution in [2.24, 2.45) is 0 Å². The maximum Gasteiger partial charge on any atom is 0.279 e. The van der Waals surface area contributed by atoms with E-state index < -0.39 is 11.8 Å². The van der Waals surface area contributed by atoms with Crippen LogP contribution < -0.4 is 10.6 Å². The molecule has 0 bridgehead atoms. The van der Waals surface area contributed by atoms with Gasteiger partial charge in [-0.1, -0.05) is 54.1 Å². The first kappa shape index (κ1) is 22.3. The summed E-state index contributed by atoms with van der Waals surface area (Å²) in [6, 6.07) is 21.5. The smallest absolute Gasteiger partial charge is 0.279 e. The molecule has 0 radical (unpaired) electrons. The van der Waals surface area contributed by atoms with Crippen molar-refractivity contribution >= 4 is 40.7 Å². The Hall–Kier alpha value is -3.90. The number of hydrogen-bond acceptors (Lipinski definition) is 4. The highest BCUT2D eigenvalue weighted by atomic mass is 35.5. The van der Waals surface area contributed by atoms with Crippen LogP contribution in [0.25, 0.3) is 0 Å². The molecular weight excluding hydrogens is 438 g/mol. The highest BCUT2D eigenvalue weighted by molar-refractivity contribution is 6.48. The lowest BCUT2D eigenvalue weighted by atomic mass is 10.1. The van der Waals surface area contributed by atoms with E-state index in [1.54, 1.807) is 24.3 Å². The van der Waals surface area contributed by atoms with Crippen molar-refractivity contribution in [3.63, 3.8) is 0 Å². The number of anilines is 2. The molecule has 7 heteroatoms. The van der Waals surface area contributed by atoms with Gasteiger partial charge in [0, 0.05) is 16.9 Å². The second-order valence-electron chi connectivity index (χ2n) is 7.83. The Labute approximate surface area is 196 Å². The number of amides is 3. The number of carbonyl (C=O) groups excluding carboxylic acids is 3. The first-order valence-corrected chi connectivity index (χ1v) is 10.8. The minimum absolute atomic E-state index is 0.00989. The number of halogens is 1. The Morgan fingerprint density at radius 2 is 1.61 bits per heavy atom. The minimum Gasteiger partial charge on any atom is -0.350 e. The molecule has 1 heterocycles. The zero-order valence-electron chi connectivity index (χ0n) is 18.2. The summed E-state index contributed by atoms with van der Waals surface area (Å²) in [5, 5.41) is 5.61. The van der Waals surface area contributed by atoms with Gasteiger partial charge in [0.2, 0.25) is 0 Å². The summed E-state index contributed by atoms with van der Waals surface area (Å²) in [4.78, 5) is 39.3. The lowest BCUT2D eigenvalue weighted by Crippen LogP contribution is -2.31. The fourth-order valence-electron chi connectivity index (χ4n) is 3.47. The first-order valence-electron chi connectivity index (χ1n) is 10.4. The van der Waals surface area contributed by atoms with Gasteiger partial charge in [-0.25, -0.2) is 0 Å². The van der Waals surface area contributed by atoms with Gasteiger partial charge in [-0.2, -0.15) is 0 Å². The van der Waals surface area contributed by atoms with Gasteiger partial charge in [0.15, 0.2) is 0 Å². The zero-order chi connectivity index (χ0) is 23.5. The van der Waals surface area contributed by atoms with Crippen molar-refractivity contribution < 1.29 is 14.4 Å². The Kier molecular flexibility index (Phi) is 6.29. The van der Waals surface area contributed by atoms with Crippen LogP contribution in [0.3, 0.4) is 0 Å². The summed E-state index contributed by atoms with van der Waals surface area (Å²) in [6.07, 6.45) is 0. The number of carbonyl (C=O) groups is 3. The van der Waals surface area contributed by atoms with E-state index >= 15 is 0 Å². The molecule has 3 aromatic rings. The van der Waals surface area contributed by atoms with Gasteiger partial charge in [-0.3, -0.25) is 19.3 Å². The average Bonchev–Trinajstić information content (AvgIpc) is 3.01. The van der Waals surface area contributed by atoms with E-state index in [9.17, 15) is 14.4 Å². The molecule has 4 rings (SSSR count). The third-order valence-electron chi connectivity index (χ3n) is 5.45. The number of benzene rings is 3. The number of hydrogen-bond donors (Lipinski definition) is 2. The molecule has 166 valence electrons. The number of aryl methyl sites for hydroxylation is 2. The van der Waals surface area contributed by atoms with Crippen molar-refractivity contribution in [2.75, 3.05) is 10.6 Å². The van der Waals surface area contributed by atoms with Gasteiger partial charge < -0.3 is 10.6 Å². The zero-order valence-corrected chi connectivity index (χ0v) is 18.9. The maximum atomic E-state index is 12.9. The van der Waals surface area contributed by atoms with E-state index in [1.165, 1.54) is 0 Å². The van der Waals surface area contributed by atoms with Gasteiger partial charge in [0.1, 0.15) is 10.7 Å². The monoisotopic (exact) mass is 459 g/mol. The molecule has 6 nitrogen and oxygen atoms in total. The minimum atomic E-state index is -0.559. The third-order valence-corrected chi connectivity index (χ3v) is 5.80. The van der Waals surface area contributed by atoms with Crippen LogP contribution in [0.15, 0.2) is 83.5 Å². The average molecular weight is 460 g/mol. The number of rotatable bonds is 6. The largest absolute Gasteiger partial charge is 0.350 e. The molecule has 0 saturated carbocycles. The van der Waals surface area contributed by atoms with Gasteiger partial charge in [-0.15, -0.1) is 0 Å². The van der Waals surface area contributed by atoms with Crippen LogP contribution in [0, 0.1) is 13.8 Å². The Morgan fingerprint density at radius 3 is 2.33 bits per heavy atom. The second kappa shape index (κ2) is 9.30. The molecule has 1 aliphatic heterocycles. The molecular formula is C26H22ClN3O3. The number of nitrogens with zero attached hydrogens (tertiary/aromatic N) is 1. The summed E-state index contributed by atoms with van der Waals surface area (Å²) in [5.41, 5.74) is 4.58. The van der Waals surface area contributed by atoms with Crippen molar-refractivity contribution in [1.29, 1.82) is 0 Å². The van der Waals surface area contributed by atoms with Gasteiger partial charge in [0.05, 0.1) is 6.54 Å². The second-order valence-corrected chi connectivity index (χ2v) is 8.21. The fraction of sp³-hybridized carbons (Fsp3) is 0.115. The van der Waals surface area contributed by atoms with Crippen molar-refractivity contribution in [1.82, 2.24) is 4.90 Å². The van der Waals surface area contributed by atoms with E-state index in [4.69, 9.17) is 11.6 Å². The molecule has 0 unspecified atom stereocenters. The number of imide groups is 1. The van der Waals surface area contributed by atoms with Crippen molar-refractivity contribution in [3.8, 4) is 0 Å². The van der Waals surface area contributed by atoms with Crippen molar-refractivity contribution in [2.45, 2.75) is 20.4 Å². The molecule has 3 amide bonds. The van der Waals surface area contributed by atoms with Crippen LogP contribution in [-0.2, 0) is 16.1 Å². The normalized spacial score (nSPS) is 13.5. The molecule has 0 aromatic heterocycles. The van der Waals surface area contributed by atoms with Crippen LogP contribution >= 0.6 is 11.6 Å². The summed E-state index contributed by atoms with van der Waals surface area (Å²) < 4.78 is 0. The molecule has 0 saturated heterocycles. The van der Waals surface area contributed by atoms with Crippen LogP contribution in [0.2, 0.25) is 0 Å². The summed E-state index contributed by atoms with van der Waals surface area (Å²) in [5.74, 6) is -1.36. The lowest BCUT2D eigenvalue weighted by molar-refractivity contribution is -0.138. The van der Waals surface area contributed by atoms with E-state index in [0.29, 0.717) is 16.9 Å². The molecule has 1 aliphatic rings. The molecule has 0 fully saturated rings. The van der Waals surface area contributed by atoms with Crippen LogP contribution in [-0.4, -0.2) is 22.6 Å². The first-order chi connectivity index (χ1) is 15.8. The van der Waals surface area contributed by atoms with E-state index in [1.807, 2.05) is 62.4 Å². The van der Waals surface area contributed by atoms with Crippen LogP contribution in [0.1, 0.15) is 27.0 Å². The van der Waals surface area contributed by atoms with Crippen molar-refractivity contribution in [3.05, 3.63) is 106 Å². The quantitative estimate of drug-likeness (QED) is 0.509. The summed E-state index contributed by atoms with van der Waals surface area (Å²) in [6.45, 7) is 4.11. The fourth-order valence-corrected chi connectivity index (χ4v) is 3.70. The predicted molar refractivity (Wildman–Crippen MR) is 129 cm³/mol. The Bertz CT molecular complexity index is 1280. The molecule has 3 aromatic carbocycles. The van der Waals surface area contributed by atoms with Crippen LogP contribution in [0.4, 0.5) is 11.4 Å². The van der Waals surface area contributed by atoms with E-state index in [0.717, 1.165) is 21.6 Å². The highest BCUT2D eigenvalue weighted by Gasteiger charge is 2.37.